The zero-order valence-corrected chi connectivity index (χ0v) is 19.2. The summed E-state index contributed by atoms with van der Waals surface area (Å²) in [4.78, 5) is 25.6. The first-order valence-corrected chi connectivity index (χ1v) is 11.8. The molecule has 0 aromatic heterocycles. The molecule has 0 saturated heterocycles. The third-order valence-corrected chi connectivity index (χ3v) is 5.81. The van der Waals surface area contributed by atoms with Gasteiger partial charge in [-0.05, 0) is 55.3 Å². The number of carbonyl (C=O) groups excluding carboxylic acids is 2. The molecule has 0 unspecified atom stereocenters. The maximum absolute atomic E-state index is 13.0. The van der Waals surface area contributed by atoms with Gasteiger partial charge in [-0.15, -0.1) is 0 Å². The van der Waals surface area contributed by atoms with Crippen LogP contribution in [0.4, 0.5) is 5.69 Å². The number of carbonyl (C=O) groups is 2. The maximum atomic E-state index is 13.0. The zero-order valence-electron chi connectivity index (χ0n) is 19.2. The Hall–Kier alpha value is -3.80. The molecule has 2 amide bonds. The van der Waals surface area contributed by atoms with Crippen LogP contribution < -0.4 is 20.1 Å². The van der Waals surface area contributed by atoms with Gasteiger partial charge in [-0.2, -0.15) is 0 Å². The van der Waals surface area contributed by atoms with Gasteiger partial charge in [0.05, 0.1) is 5.56 Å². The average Bonchev–Trinajstić information content (AvgIpc) is 2.88. The van der Waals surface area contributed by atoms with Crippen molar-refractivity contribution < 1.29 is 19.1 Å². The largest absolute Gasteiger partial charge is 0.490 e. The zero-order chi connectivity index (χ0) is 23.6. The molecule has 34 heavy (non-hydrogen) atoms. The predicted molar refractivity (Wildman–Crippen MR) is 133 cm³/mol. The Kier molecular flexibility index (Phi) is 8.17. The Labute approximate surface area is 200 Å². The van der Waals surface area contributed by atoms with Crippen LogP contribution in [-0.4, -0.2) is 31.1 Å². The first-order chi connectivity index (χ1) is 16.7. The van der Waals surface area contributed by atoms with Crippen molar-refractivity contribution in [1.29, 1.82) is 0 Å². The van der Waals surface area contributed by atoms with Gasteiger partial charge in [-0.3, -0.25) is 9.59 Å². The number of hydrogen-bond donors (Lipinski definition) is 2. The van der Waals surface area contributed by atoms with Gasteiger partial charge in [0, 0.05) is 17.3 Å². The first kappa shape index (κ1) is 23.4. The number of hydrogen-bond acceptors (Lipinski definition) is 4. The third kappa shape index (κ3) is 6.61. The summed E-state index contributed by atoms with van der Waals surface area (Å²) in [6.07, 6.45) is 5.59. The molecule has 1 saturated carbocycles. The minimum Gasteiger partial charge on any atom is -0.490 e. The van der Waals surface area contributed by atoms with Crippen LogP contribution in [0.2, 0.25) is 0 Å². The summed E-state index contributed by atoms with van der Waals surface area (Å²) < 4.78 is 11.5. The number of ether oxygens (including phenoxy) is 2. The van der Waals surface area contributed by atoms with Crippen molar-refractivity contribution in [2.75, 3.05) is 18.5 Å². The number of benzene rings is 3. The van der Waals surface area contributed by atoms with E-state index >= 15 is 0 Å². The van der Waals surface area contributed by atoms with E-state index in [4.69, 9.17) is 9.47 Å². The molecular weight excluding hydrogens is 428 g/mol. The fourth-order valence-corrected chi connectivity index (χ4v) is 4.06. The van der Waals surface area contributed by atoms with Crippen molar-refractivity contribution in [3.63, 3.8) is 0 Å². The van der Waals surface area contributed by atoms with Gasteiger partial charge < -0.3 is 20.1 Å². The number of rotatable bonds is 9. The summed E-state index contributed by atoms with van der Waals surface area (Å²) in [5.74, 6) is 0.835. The summed E-state index contributed by atoms with van der Waals surface area (Å²) >= 11 is 0. The van der Waals surface area contributed by atoms with E-state index in [-0.39, 0.29) is 17.9 Å². The highest BCUT2D eigenvalue weighted by atomic mass is 16.5. The molecular formula is C28H30N2O4. The van der Waals surface area contributed by atoms with Crippen molar-refractivity contribution in [2.45, 2.75) is 38.1 Å². The second-order valence-corrected chi connectivity index (χ2v) is 8.35. The Balaban J connectivity index is 1.34. The fourth-order valence-electron chi connectivity index (χ4n) is 4.06. The lowest BCUT2D eigenvalue weighted by Gasteiger charge is -2.22. The van der Waals surface area contributed by atoms with Gasteiger partial charge in [-0.1, -0.05) is 55.7 Å². The molecule has 4 rings (SSSR count). The van der Waals surface area contributed by atoms with Gasteiger partial charge in [0.25, 0.3) is 11.8 Å². The molecule has 0 spiro atoms. The van der Waals surface area contributed by atoms with E-state index in [0.717, 1.165) is 31.4 Å². The van der Waals surface area contributed by atoms with Crippen LogP contribution in [0.15, 0.2) is 78.9 Å². The summed E-state index contributed by atoms with van der Waals surface area (Å²) in [5, 5.41) is 6.00. The molecule has 0 heterocycles. The van der Waals surface area contributed by atoms with Crippen molar-refractivity contribution in [3.8, 4) is 11.5 Å². The van der Waals surface area contributed by atoms with Gasteiger partial charge in [0.15, 0.2) is 0 Å². The maximum Gasteiger partial charge on any atom is 0.259 e. The Morgan fingerprint density at radius 2 is 1.50 bits per heavy atom. The van der Waals surface area contributed by atoms with Crippen LogP contribution >= 0.6 is 0 Å². The van der Waals surface area contributed by atoms with E-state index in [1.54, 1.807) is 42.5 Å². The second kappa shape index (κ2) is 11.9. The van der Waals surface area contributed by atoms with Crippen LogP contribution in [0.25, 0.3) is 0 Å². The van der Waals surface area contributed by atoms with E-state index in [1.165, 1.54) is 6.42 Å². The van der Waals surface area contributed by atoms with Crippen LogP contribution in [-0.2, 0) is 0 Å². The molecule has 3 aromatic rings. The molecule has 1 aliphatic carbocycles. The first-order valence-electron chi connectivity index (χ1n) is 11.8. The van der Waals surface area contributed by atoms with E-state index in [2.05, 4.69) is 10.6 Å². The summed E-state index contributed by atoms with van der Waals surface area (Å²) in [6.45, 7) is 0.661. The highest BCUT2D eigenvalue weighted by Gasteiger charge is 2.17. The van der Waals surface area contributed by atoms with E-state index < -0.39 is 0 Å². The van der Waals surface area contributed by atoms with Crippen molar-refractivity contribution >= 4 is 17.5 Å². The van der Waals surface area contributed by atoms with Crippen LogP contribution in [0, 0.1) is 0 Å². The monoisotopic (exact) mass is 458 g/mol. The fraction of sp³-hybridized carbons (Fsp3) is 0.286. The topological polar surface area (TPSA) is 76.7 Å². The molecule has 6 heteroatoms. The standard InChI is InChI=1S/C28H30N2O4/c31-27(29-22-11-3-1-4-12-22)21-10-9-13-23(20-21)30-28(32)25-16-7-8-17-26(25)34-19-18-33-24-14-5-2-6-15-24/h2,5-10,13-17,20,22H,1,3-4,11-12,18-19H2,(H,29,31)(H,30,32). The molecule has 0 bridgehead atoms. The van der Waals surface area contributed by atoms with E-state index in [9.17, 15) is 9.59 Å². The average molecular weight is 459 g/mol. The lowest BCUT2D eigenvalue weighted by molar-refractivity contribution is 0.0926. The SMILES string of the molecule is O=C(NC1CCCCC1)c1cccc(NC(=O)c2ccccc2OCCOc2ccccc2)c1. The molecule has 0 atom stereocenters. The number of nitrogens with one attached hydrogen (secondary N) is 2. The minimum atomic E-state index is -0.301. The van der Waals surface area contributed by atoms with Crippen molar-refractivity contribution in [2.24, 2.45) is 0 Å². The van der Waals surface area contributed by atoms with Crippen LogP contribution in [0.5, 0.6) is 11.5 Å². The molecule has 3 aromatic carbocycles. The molecule has 2 N–H and O–H groups in total. The number of anilines is 1. The molecule has 1 fully saturated rings. The Morgan fingerprint density at radius 1 is 0.765 bits per heavy atom. The van der Waals surface area contributed by atoms with Gasteiger partial charge >= 0.3 is 0 Å². The highest BCUT2D eigenvalue weighted by molar-refractivity contribution is 6.06. The lowest BCUT2D eigenvalue weighted by Crippen LogP contribution is -2.36. The molecule has 1 aliphatic rings. The molecule has 176 valence electrons. The van der Waals surface area contributed by atoms with Crippen molar-refractivity contribution in [1.82, 2.24) is 5.32 Å². The number of para-hydroxylation sites is 2. The highest BCUT2D eigenvalue weighted by Crippen LogP contribution is 2.21. The lowest BCUT2D eigenvalue weighted by atomic mass is 9.95. The predicted octanol–water partition coefficient (Wildman–Crippen LogP) is 5.46. The Morgan fingerprint density at radius 3 is 2.32 bits per heavy atom. The summed E-state index contributed by atoms with van der Waals surface area (Å²) in [5.41, 5.74) is 1.51. The second-order valence-electron chi connectivity index (χ2n) is 8.35. The van der Waals surface area contributed by atoms with Crippen LogP contribution in [0.1, 0.15) is 52.8 Å². The molecule has 0 radical (unpaired) electrons. The number of amides is 2. The summed E-state index contributed by atoms with van der Waals surface area (Å²) in [6, 6.07) is 23.8. The van der Waals surface area contributed by atoms with Crippen LogP contribution in [0.3, 0.4) is 0 Å². The van der Waals surface area contributed by atoms with Gasteiger partial charge in [0.1, 0.15) is 24.7 Å². The molecule has 6 nitrogen and oxygen atoms in total. The summed E-state index contributed by atoms with van der Waals surface area (Å²) in [7, 11) is 0. The van der Waals surface area contributed by atoms with E-state index in [1.807, 2.05) is 36.4 Å². The third-order valence-electron chi connectivity index (χ3n) is 5.81. The Bertz CT molecular complexity index is 1090. The smallest absolute Gasteiger partial charge is 0.259 e. The minimum absolute atomic E-state index is 0.106. The van der Waals surface area contributed by atoms with E-state index in [0.29, 0.717) is 35.8 Å². The normalized spacial score (nSPS) is 13.6. The quantitative estimate of drug-likeness (QED) is 0.418. The van der Waals surface area contributed by atoms with Gasteiger partial charge in [-0.25, -0.2) is 0 Å². The molecule has 0 aliphatic heterocycles. The van der Waals surface area contributed by atoms with Gasteiger partial charge in [0.2, 0.25) is 0 Å². The van der Waals surface area contributed by atoms with Crippen molar-refractivity contribution in [3.05, 3.63) is 90.0 Å².